The second-order valence-electron chi connectivity index (χ2n) is 5.09. The van der Waals surface area contributed by atoms with Gasteiger partial charge < -0.3 is 9.88 Å². The average molecular weight is 206 g/mol. The van der Waals surface area contributed by atoms with Crippen LogP contribution in [0.1, 0.15) is 31.9 Å². The van der Waals surface area contributed by atoms with E-state index in [1.165, 1.54) is 5.56 Å². The molecule has 0 atom stereocenters. The Labute approximate surface area is 90.1 Å². The van der Waals surface area contributed by atoms with Crippen molar-refractivity contribution in [2.75, 3.05) is 6.54 Å². The fraction of sp³-hybridized carbons (Fsp3) is 0.583. The van der Waals surface area contributed by atoms with Crippen molar-refractivity contribution in [1.82, 2.24) is 9.88 Å². The monoisotopic (exact) mass is 206 g/mol. The molecule has 3 heteroatoms. The zero-order chi connectivity index (χ0) is 11.1. The van der Waals surface area contributed by atoms with Gasteiger partial charge >= 0.3 is 0 Å². The lowest BCUT2D eigenvalue weighted by Crippen LogP contribution is -2.39. The Hall–Kier alpha value is -1.09. The largest absolute Gasteiger partial charge is 0.312 e. The summed E-state index contributed by atoms with van der Waals surface area (Å²) in [6.45, 7) is 7.85. The van der Waals surface area contributed by atoms with Crippen LogP contribution in [0.5, 0.6) is 0 Å². The maximum Gasteiger partial charge on any atom is 0.255 e. The van der Waals surface area contributed by atoms with Crippen LogP contribution in [-0.2, 0) is 18.5 Å². The number of pyridine rings is 1. The third-order valence-electron chi connectivity index (χ3n) is 2.88. The smallest absolute Gasteiger partial charge is 0.255 e. The van der Waals surface area contributed by atoms with E-state index in [1.807, 2.05) is 10.8 Å². The van der Waals surface area contributed by atoms with Gasteiger partial charge in [-0.1, -0.05) is 0 Å². The zero-order valence-corrected chi connectivity index (χ0v) is 9.63. The Balaban J connectivity index is 2.58. The van der Waals surface area contributed by atoms with E-state index in [0.29, 0.717) is 6.54 Å². The second-order valence-corrected chi connectivity index (χ2v) is 5.09. The van der Waals surface area contributed by atoms with E-state index in [2.05, 4.69) is 32.2 Å². The molecule has 3 nitrogen and oxygen atoms in total. The van der Waals surface area contributed by atoms with Gasteiger partial charge in [0.2, 0.25) is 0 Å². The minimum absolute atomic E-state index is 0.135. The summed E-state index contributed by atoms with van der Waals surface area (Å²) in [5, 5.41) is 3.25. The van der Waals surface area contributed by atoms with Crippen LogP contribution in [0.2, 0.25) is 0 Å². The van der Waals surface area contributed by atoms with Crippen molar-refractivity contribution in [1.29, 1.82) is 0 Å². The van der Waals surface area contributed by atoms with E-state index in [9.17, 15) is 4.79 Å². The molecule has 0 spiro atoms. The summed E-state index contributed by atoms with van der Waals surface area (Å²) < 4.78 is 1.82. The molecule has 1 aromatic rings. The quantitative estimate of drug-likeness (QED) is 0.693. The van der Waals surface area contributed by atoms with Crippen molar-refractivity contribution in [3.05, 3.63) is 33.7 Å². The molecule has 0 aromatic carbocycles. The predicted octanol–water partition coefficient (Wildman–Crippen LogP) is 1.25. The van der Waals surface area contributed by atoms with Crippen molar-refractivity contribution in [3.8, 4) is 0 Å². The summed E-state index contributed by atoms with van der Waals surface area (Å²) in [6.07, 6.45) is 2.89. The van der Waals surface area contributed by atoms with Gasteiger partial charge in [-0.05, 0) is 45.4 Å². The van der Waals surface area contributed by atoms with Crippen LogP contribution >= 0.6 is 0 Å². The van der Waals surface area contributed by atoms with E-state index in [4.69, 9.17) is 0 Å². The van der Waals surface area contributed by atoms with Crippen LogP contribution in [0.3, 0.4) is 0 Å². The van der Waals surface area contributed by atoms with Crippen molar-refractivity contribution in [2.45, 2.75) is 39.3 Å². The SMILES string of the molecule is CC(C)(C)n1ccc2c(c1=O)CNCC2. The first-order chi connectivity index (χ1) is 7.00. The maximum atomic E-state index is 12.2. The summed E-state index contributed by atoms with van der Waals surface area (Å²) in [6, 6.07) is 2.09. The van der Waals surface area contributed by atoms with E-state index in [-0.39, 0.29) is 11.1 Å². The van der Waals surface area contributed by atoms with Gasteiger partial charge in [-0.15, -0.1) is 0 Å². The molecule has 0 fully saturated rings. The van der Waals surface area contributed by atoms with E-state index in [0.717, 1.165) is 18.5 Å². The standard InChI is InChI=1S/C12H18N2O/c1-12(2,3)14-7-5-9-4-6-13-8-10(9)11(14)15/h5,7,13H,4,6,8H2,1-3H3. The molecule has 1 N–H and O–H groups in total. The molecule has 1 aliphatic rings. The van der Waals surface area contributed by atoms with Gasteiger partial charge in [0.1, 0.15) is 0 Å². The number of hydrogen-bond acceptors (Lipinski definition) is 2. The highest BCUT2D eigenvalue weighted by Crippen LogP contribution is 2.14. The van der Waals surface area contributed by atoms with Crippen molar-refractivity contribution >= 4 is 0 Å². The van der Waals surface area contributed by atoms with Gasteiger partial charge in [0.15, 0.2) is 0 Å². The third-order valence-corrected chi connectivity index (χ3v) is 2.88. The van der Waals surface area contributed by atoms with Crippen LogP contribution in [-0.4, -0.2) is 11.1 Å². The second kappa shape index (κ2) is 3.49. The molecular formula is C12H18N2O. The van der Waals surface area contributed by atoms with Crippen LogP contribution in [0.25, 0.3) is 0 Å². The molecule has 0 saturated heterocycles. The lowest BCUT2D eigenvalue weighted by Gasteiger charge is -2.25. The first-order valence-electron chi connectivity index (χ1n) is 5.45. The summed E-state index contributed by atoms with van der Waals surface area (Å²) in [5.74, 6) is 0. The summed E-state index contributed by atoms with van der Waals surface area (Å²) in [5.41, 5.74) is 2.17. The van der Waals surface area contributed by atoms with Crippen LogP contribution in [0.15, 0.2) is 17.1 Å². The van der Waals surface area contributed by atoms with Gasteiger partial charge in [-0.3, -0.25) is 4.79 Å². The third kappa shape index (κ3) is 1.84. The molecule has 15 heavy (non-hydrogen) atoms. The Morgan fingerprint density at radius 2 is 2.13 bits per heavy atom. The number of hydrogen-bond donors (Lipinski definition) is 1. The van der Waals surface area contributed by atoms with Gasteiger partial charge in [-0.2, -0.15) is 0 Å². The molecule has 0 radical (unpaired) electrons. The molecule has 1 aromatic heterocycles. The first-order valence-corrected chi connectivity index (χ1v) is 5.45. The fourth-order valence-corrected chi connectivity index (χ4v) is 2.00. The number of nitrogens with one attached hydrogen (secondary N) is 1. The molecular weight excluding hydrogens is 188 g/mol. The Kier molecular flexibility index (Phi) is 2.43. The number of nitrogens with zero attached hydrogens (tertiary/aromatic N) is 1. The fourth-order valence-electron chi connectivity index (χ4n) is 2.00. The van der Waals surface area contributed by atoms with Crippen molar-refractivity contribution in [2.24, 2.45) is 0 Å². The van der Waals surface area contributed by atoms with Crippen LogP contribution < -0.4 is 10.9 Å². The molecule has 0 saturated carbocycles. The minimum Gasteiger partial charge on any atom is -0.312 e. The van der Waals surface area contributed by atoms with E-state index in [1.54, 1.807) is 0 Å². The normalized spacial score (nSPS) is 16.2. The van der Waals surface area contributed by atoms with E-state index < -0.39 is 0 Å². The van der Waals surface area contributed by atoms with Gasteiger partial charge in [-0.25, -0.2) is 0 Å². The molecule has 2 rings (SSSR count). The lowest BCUT2D eigenvalue weighted by molar-refractivity contribution is 0.379. The van der Waals surface area contributed by atoms with Gasteiger partial charge in [0, 0.05) is 23.8 Å². The minimum atomic E-state index is -0.135. The Morgan fingerprint density at radius 1 is 1.40 bits per heavy atom. The summed E-state index contributed by atoms with van der Waals surface area (Å²) in [4.78, 5) is 12.2. The summed E-state index contributed by atoms with van der Waals surface area (Å²) in [7, 11) is 0. The highest BCUT2D eigenvalue weighted by Gasteiger charge is 2.19. The van der Waals surface area contributed by atoms with Gasteiger partial charge in [0.25, 0.3) is 5.56 Å². The lowest BCUT2D eigenvalue weighted by atomic mass is 10.0. The average Bonchev–Trinajstić information content (AvgIpc) is 2.16. The Bertz CT molecular complexity index is 426. The van der Waals surface area contributed by atoms with Crippen LogP contribution in [0.4, 0.5) is 0 Å². The molecule has 2 heterocycles. The molecule has 1 aliphatic heterocycles. The maximum absolute atomic E-state index is 12.2. The number of rotatable bonds is 0. The predicted molar refractivity (Wildman–Crippen MR) is 61.1 cm³/mol. The van der Waals surface area contributed by atoms with E-state index >= 15 is 0 Å². The molecule has 0 amide bonds. The number of aromatic nitrogens is 1. The highest BCUT2D eigenvalue weighted by atomic mass is 16.1. The van der Waals surface area contributed by atoms with Crippen molar-refractivity contribution in [3.63, 3.8) is 0 Å². The molecule has 0 bridgehead atoms. The first kappa shape index (κ1) is 10.4. The molecule has 82 valence electrons. The summed E-state index contributed by atoms with van der Waals surface area (Å²) >= 11 is 0. The van der Waals surface area contributed by atoms with Crippen LogP contribution in [0, 0.1) is 0 Å². The number of fused-ring (bicyclic) bond motifs is 1. The van der Waals surface area contributed by atoms with Gasteiger partial charge in [0.05, 0.1) is 0 Å². The molecule has 0 unspecified atom stereocenters. The topological polar surface area (TPSA) is 34.0 Å². The van der Waals surface area contributed by atoms with Crippen molar-refractivity contribution < 1.29 is 0 Å². The highest BCUT2D eigenvalue weighted by molar-refractivity contribution is 5.26. The molecule has 0 aliphatic carbocycles. The zero-order valence-electron chi connectivity index (χ0n) is 9.63. The Morgan fingerprint density at radius 3 is 2.80 bits per heavy atom.